The molecule has 0 bridgehead atoms. The predicted molar refractivity (Wildman–Crippen MR) is 75.9 cm³/mol. The Morgan fingerprint density at radius 3 is 2.74 bits per heavy atom. The first-order chi connectivity index (χ1) is 9.16. The van der Waals surface area contributed by atoms with Crippen molar-refractivity contribution >= 4 is 27.5 Å². The Kier molecular flexibility index (Phi) is 3.11. The minimum atomic E-state index is -0.357. The van der Waals surface area contributed by atoms with Gasteiger partial charge in [0, 0.05) is 17.8 Å². The second kappa shape index (κ2) is 4.78. The molecule has 0 N–H and O–H groups in total. The zero-order valence-electron chi connectivity index (χ0n) is 10.1. The Morgan fingerprint density at radius 2 is 1.95 bits per heavy atom. The summed E-state index contributed by atoms with van der Waals surface area (Å²) in [7, 11) is 0. The van der Waals surface area contributed by atoms with Crippen LogP contribution < -0.4 is 4.90 Å². The largest absolute Gasteiger partial charge is 0.308 e. The Morgan fingerprint density at radius 1 is 1.16 bits per heavy atom. The molecular weight excluding hydrogens is 309 g/mol. The summed E-state index contributed by atoms with van der Waals surface area (Å²) in [6.07, 6.45) is 0.791. The first kappa shape index (κ1) is 12.4. The summed E-state index contributed by atoms with van der Waals surface area (Å²) < 4.78 is 14.0. The Bertz CT molecular complexity index is 656. The van der Waals surface area contributed by atoms with E-state index in [2.05, 4.69) is 15.9 Å². The van der Waals surface area contributed by atoms with Crippen molar-refractivity contribution in [3.05, 3.63) is 63.9 Å². The quantitative estimate of drug-likeness (QED) is 0.783. The first-order valence-corrected chi connectivity index (χ1v) is 6.81. The van der Waals surface area contributed by atoms with E-state index in [9.17, 15) is 9.18 Å². The molecule has 2 nitrogen and oxygen atoms in total. The molecule has 0 aliphatic carbocycles. The van der Waals surface area contributed by atoms with Crippen molar-refractivity contribution in [1.29, 1.82) is 0 Å². The van der Waals surface area contributed by atoms with Crippen LogP contribution in [-0.4, -0.2) is 12.5 Å². The monoisotopic (exact) mass is 319 g/mol. The molecule has 2 aromatic carbocycles. The third-order valence-corrected chi connectivity index (χ3v) is 3.96. The van der Waals surface area contributed by atoms with Gasteiger partial charge in [-0.3, -0.25) is 4.79 Å². The molecule has 1 amide bonds. The van der Waals surface area contributed by atoms with Crippen molar-refractivity contribution in [2.45, 2.75) is 6.42 Å². The number of fused-ring (bicyclic) bond motifs is 1. The second-order valence-corrected chi connectivity index (χ2v) is 5.32. The van der Waals surface area contributed by atoms with Gasteiger partial charge in [0.05, 0.1) is 4.47 Å². The highest BCUT2D eigenvalue weighted by Crippen LogP contribution is 2.27. The molecule has 0 radical (unpaired) electrons. The van der Waals surface area contributed by atoms with E-state index in [4.69, 9.17) is 0 Å². The highest BCUT2D eigenvalue weighted by atomic mass is 79.9. The topological polar surface area (TPSA) is 20.3 Å². The van der Waals surface area contributed by atoms with Crippen LogP contribution in [0.15, 0.2) is 46.9 Å². The van der Waals surface area contributed by atoms with Crippen LogP contribution in [0.5, 0.6) is 0 Å². The van der Waals surface area contributed by atoms with Gasteiger partial charge < -0.3 is 4.90 Å². The molecule has 2 aromatic rings. The summed E-state index contributed by atoms with van der Waals surface area (Å²) in [6, 6.07) is 12.3. The smallest absolute Gasteiger partial charge is 0.258 e. The molecule has 96 valence electrons. The van der Waals surface area contributed by atoms with Gasteiger partial charge in [-0.25, -0.2) is 4.39 Å². The van der Waals surface area contributed by atoms with Crippen molar-refractivity contribution in [3.63, 3.8) is 0 Å². The number of rotatable bonds is 1. The number of nitrogens with zero attached hydrogens (tertiary/aromatic N) is 1. The molecular formula is C15H11BrFNO. The number of hydrogen-bond donors (Lipinski definition) is 0. The summed E-state index contributed by atoms with van der Waals surface area (Å²) >= 11 is 3.12. The van der Waals surface area contributed by atoms with E-state index in [1.807, 2.05) is 24.3 Å². The molecule has 0 saturated heterocycles. The zero-order chi connectivity index (χ0) is 13.4. The van der Waals surface area contributed by atoms with Gasteiger partial charge in [0.2, 0.25) is 0 Å². The normalized spacial score (nSPS) is 14.4. The molecule has 19 heavy (non-hydrogen) atoms. The van der Waals surface area contributed by atoms with Crippen LogP contribution in [-0.2, 0) is 6.42 Å². The number of hydrogen-bond acceptors (Lipinski definition) is 1. The number of carbonyl (C=O) groups excluding carboxylic acids is 1. The maximum absolute atomic E-state index is 13.6. The standard InChI is InChI=1S/C15H11BrFNO/c16-13-6-5-11(9-14(13)17)18-8-7-10-3-1-2-4-12(10)15(18)19/h1-6,9H,7-8H2. The number of benzene rings is 2. The summed E-state index contributed by atoms with van der Waals surface area (Å²) in [5, 5.41) is 0. The number of carbonyl (C=O) groups is 1. The van der Waals surface area contributed by atoms with Crippen LogP contribution in [0.2, 0.25) is 0 Å². The van der Waals surface area contributed by atoms with E-state index in [1.165, 1.54) is 6.07 Å². The van der Waals surface area contributed by atoms with Gasteiger partial charge in [-0.2, -0.15) is 0 Å². The van der Waals surface area contributed by atoms with Crippen LogP contribution in [0.1, 0.15) is 15.9 Å². The Labute approximate surface area is 119 Å². The highest BCUT2D eigenvalue weighted by molar-refractivity contribution is 9.10. The second-order valence-electron chi connectivity index (χ2n) is 4.46. The molecule has 0 unspecified atom stereocenters. The van der Waals surface area contributed by atoms with E-state index < -0.39 is 0 Å². The number of halogens is 2. The minimum absolute atomic E-state index is 0.0661. The highest BCUT2D eigenvalue weighted by Gasteiger charge is 2.25. The van der Waals surface area contributed by atoms with Crippen LogP contribution >= 0.6 is 15.9 Å². The van der Waals surface area contributed by atoms with E-state index in [1.54, 1.807) is 17.0 Å². The lowest BCUT2D eigenvalue weighted by Crippen LogP contribution is -2.37. The molecule has 1 aliphatic rings. The Balaban J connectivity index is 2.00. The molecule has 1 aliphatic heterocycles. The molecule has 0 spiro atoms. The SMILES string of the molecule is O=C1c2ccccc2CCN1c1ccc(Br)c(F)c1. The van der Waals surface area contributed by atoms with Gasteiger partial charge in [-0.15, -0.1) is 0 Å². The van der Waals surface area contributed by atoms with Crippen molar-refractivity contribution in [3.8, 4) is 0 Å². The molecule has 0 saturated carbocycles. The van der Waals surface area contributed by atoms with E-state index in [0.29, 0.717) is 22.3 Å². The maximum atomic E-state index is 13.6. The van der Waals surface area contributed by atoms with Crippen molar-refractivity contribution < 1.29 is 9.18 Å². The van der Waals surface area contributed by atoms with Gasteiger partial charge in [0.1, 0.15) is 5.82 Å². The minimum Gasteiger partial charge on any atom is -0.308 e. The zero-order valence-corrected chi connectivity index (χ0v) is 11.7. The Hall–Kier alpha value is -1.68. The number of anilines is 1. The molecule has 3 rings (SSSR count). The fraction of sp³-hybridized carbons (Fsp3) is 0.133. The van der Waals surface area contributed by atoms with E-state index >= 15 is 0 Å². The predicted octanol–water partition coefficient (Wildman–Crippen LogP) is 3.79. The summed E-state index contributed by atoms with van der Waals surface area (Å²) in [5.74, 6) is -0.423. The molecule has 0 fully saturated rings. The fourth-order valence-corrected chi connectivity index (χ4v) is 2.57. The van der Waals surface area contributed by atoms with Gasteiger partial charge in [-0.1, -0.05) is 18.2 Å². The van der Waals surface area contributed by atoms with E-state index in [0.717, 1.165) is 12.0 Å². The average molecular weight is 320 g/mol. The molecule has 1 heterocycles. The van der Waals surface area contributed by atoms with Crippen LogP contribution in [0.25, 0.3) is 0 Å². The molecule has 4 heteroatoms. The van der Waals surface area contributed by atoms with Crippen LogP contribution in [0.3, 0.4) is 0 Å². The van der Waals surface area contributed by atoms with Crippen molar-refractivity contribution in [1.82, 2.24) is 0 Å². The summed E-state index contributed by atoms with van der Waals surface area (Å²) in [5.41, 5.74) is 2.36. The third kappa shape index (κ3) is 2.16. The average Bonchev–Trinajstić information content (AvgIpc) is 2.43. The lowest BCUT2D eigenvalue weighted by Gasteiger charge is -2.28. The van der Waals surface area contributed by atoms with Gasteiger partial charge in [0.15, 0.2) is 0 Å². The molecule has 0 aromatic heterocycles. The van der Waals surface area contributed by atoms with Crippen molar-refractivity contribution in [2.75, 3.05) is 11.4 Å². The lowest BCUT2D eigenvalue weighted by atomic mass is 9.99. The summed E-state index contributed by atoms with van der Waals surface area (Å²) in [6.45, 7) is 0.580. The summed E-state index contributed by atoms with van der Waals surface area (Å²) in [4.78, 5) is 14.0. The van der Waals surface area contributed by atoms with Crippen molar-refractivity contribution in [2.24, 2.45) is 0 Å². The van der Waals surface area contributed by atoms with Crippen LogP contribution in [0.4, 0.5) is 10.1 Å². The first-order valence-electron chi connectivity index (χ1n) is 6.01. The lowest BCUT2D eigenvalue weighted by molar-refractivity contribution is 0.0980. The van der Waals surface area contributed by atoms with Crippen LogP contribution in [0, 0.1) is 5.82 Å². The third-order valence-electron chi connectivity index (χ3n) is 3.31. The maximum Gasteiger partial charge on any atom is 0.258 e. The van der Waals surface area contributed by atoms with E-state index in [-0.39, 0.29) is 11.7 Å². The number of amides is 1. The molecule has 0 atom stereocenters. The van der Waals surface area contributed by atoms with Gasteiger partial charge in [-0.05, 0) is 52.2 Å². The van der Waals surface area contributed by atoms with Gasteiger partial charge >= 0.3 is 0 Å². The fourth-order valence-electron chi connectivity index (χ4n) is 2.33. The van der Waals surface area contributed by atoms with Gasteiger partial charge in [0.25, 0.3) is 5.91 Å².